The third-order valence-electron chi connectivity index (χ3n) is 3.41. The zero-order chi connectivity index (χ0) is 17.3. The second kappa shape index (κ2) is 6.52. The molecule has 1 amide bonds. The van der Waals surface area contributed by atoms with Crippen LogP contribution in [-0.2, 0) is 6.54 Å². The number of nitrogens with one attached hydrogen (secondary N) is 1. The van der Waals surface area contributed by atoms with Crippen molar-refractivity contribution in [2.75, 3.05) is 5.32 Å². The molecule has 2 heterocycles. The number of aryl methyl sites for hydroxylation is 2. The summed E-state index contributed by atoms with van der Waals surface area (Å²) in [6, 6.07) is 8.43. The van der Waals surface area contributed by atoms with Gasteiger partial charge in [0.1, 0.15) is 11.6 Å². The predicted octanol–water partition coefficient (Wildman–Crippen LogP) is 4.14. The summed E-state index contributed by atoms with van der Waals surface area (Å²) in [4.78, 5) is 13.6. The molecule has 124 valence electrons. The van der Waals surface area contributed by atoms with Crippen molar-refractivity contribution in [3.8, 4) is 0 Å². The van der Waals surface area contributed by atoms with Gasteiger partial charge in [-0.15, -0.1) is 11.3 Å². The van der Waals surface area contributed by atoms with Crippen molar-refractivity contribution in [2.45, 2.75) is 20.4 Å². The quantitative estimate of drug-likeness (QED) is 0.771. The fourth-order valence-corrected chi connectivity index (χ4v) is 3.27. The standard InChI is InChI=1S/C17H15F2N3OS/c1-10-5-11(2)22(21-10)9-15-3-4-16(24-15)17(23)20-14-7-12(18)6-13(19)8-14/h3-8H,9H2,1-2H3,(H,20,23). The van der Waals surface area contributed by atoms with Crippen molar-refractivity contribution in [3.63, 3.8) is 0 Å². The van der Waals surface area contributed by atoms with Gasteiger partial charge in [0.15, 0.2) is 0 Å². The van der Waals surface area contributed by atoms with Crippen molar-refractivity contribution in [3.05, 3.63) is 69.2 Å². The van der Waals surface area contributed by atoms with Crippen molar-refractivity contribution in [1.82, 2.24) is 9.78 Å². The Hall–Kier alpha value is -2.54. The number of hydrogen-bond donors (Lipinski definition) is 1. The highest BCUT2D eigenvalue weighted by molar-refractivity contribution is 7.14. The molecule has 3 aromatic rings. The summed E-state index contributed by atoms with van der Waals surface area (Å²) in [6.07, 6.45) is 0. The molecule has 0 spiro atoms. The number of hydrogen-bond acceptors (Lipinski definition) is 3. The molecule has 0 aliphatic carbocycles. The minimum Gasteiger partial charge on any atom is -0.321 e. The van der Waals surface area contributed by atoms with Crippen LogP contribution in [0.25, 0.3) is 0 Å². The summed E-state index contributed by atoms with van der Waals surface area (Å²) in [5.74, 6) is -1.87. The fraction of sp³-hybridized carbons (Fsp3) is 0.176. The average Bonchev–Trinajstić information content (AvgIpc) is 3.05. The van der Waals surface area contributed by atoms with Crippen LogP contribution in [-0.4, -0.2) is 15.7 Å². The molecular formula is C17H15F2N3OS. The van der Waals surface area contributed by atoms with E-state index in [2.05, 4.69) is 10.4 Å². The van der Waals surface area contributed by atoms with Crippen LogP contribution < -0.4 is 5.32 Å². The molecule has 0 saturated carbocycles. The Morgan fingerprint density at radius 2 is 1.88 bits per heavy atom. The monoisotopic (exact) mass is 347 g/mol. The lowest BCUT2D eigenvalue weighted by Gasteiger charge is -2.04. The van der Waals surface area contributed by atoms with E-state index in [-0.39, 0.29) is 5.69 Å². The minimum atomic E-state index is -0.735. The second-order valence-corrected chi connectivity index (χ2v) is 6.63. The molecule has 24 heavy (non-hydrogen) atoms. The summed E-state index contributed by atoms with van der Waals surface area (Å²) >= 11 is 1.32. The number of nitrogens with zero attached hydrogens (tertiary/aromatic N) is 2. The molecule has 3 rings (SSSR count). The molecule has 0 unspecified atom stereocenters. The van der Waals surface area contributed by atoms with Crippen LogP contribution in [0, 0.1) is 25.5 Å². The van der Waals surface area contributed by atoms with E-state index in [1.807, 2.05) is 30.7 Å². The first-order valence-corrected chi connectivity index (χ1v) is 8.09. The molecule has 4 nitrogen and oxygen atoms in total. The van der Waals surface area contributed by atoms with Gasteiger partial charge in [-0.05, 0) is 44.2 Å². The lowest BCUT2D eigenvalue weighted by Crippen LogP contribution is -2.10. The Labute approximate surface area is 141 Å². The van der Waals surface area contributed by atoms with Gasteiger partial charge < -0.3 is 5.32 Å². The minimum absolute atomic E-state index is 0.0889. The normalized spacial score (nSPS) is 10.8. The lowest BCUT2D eigenvalue weighted by molar-refractivity contribution is 0.103. The summed E-state index contributed by atoms with van der Waals surface area (Å²) < 4.78 is 28.2. The highest BCUT2D eigenvalue weighted by Crippen LogP contribution is 2.21. The first-order valence-electron chi connectivity index (χ1n) is 7.28. The molecule has 1 N–H and O–H groups in total. The van der Waals surface area contributed by atoms with E-state index in [0.717, 1.165) is 34.5 Å². The van der Waals surface area contributed by atoms with E-state index in [4.69, 9.17) is 0 Å². The SMILES string of the molecule is Cc1cc(C)n(Cc2ccc(C(=O)Nc3cc(F)cc(F)c3)s2)n1. The maximum absolute atomic E-state index is 13.2. The number of carbonyl (C=O) groups is 1. The smallest absolute Gasteiger partial charge is 0.265 e. The molecule has 1 aromatic carbocycles. The highest BCUT2D eigenvalue weighted by Gasteiger charge is 2.12. The molecule has 0 radical (unpaired) electrons. The summed E-state index contributed by atoms with van der Waals surface area (Å²) in [6.45, 7) is 4.47. The topological polar surface area (TPSA) is 46.9 Å². The van der Waals surface area contributed by atoms with Gasteiger partial charge in [-0.1, -0.05) is 0 Å². The van der Waals surface area contributed by atoms with Gasteiger partial charge in [-0.3, -0.25) is 9.48 Å². The Bertz CT molecular complexity index is 881. The van der Waals surface area contributed by atoms with E-state index < -0.39 is 17.5 Å². The van der Waals surface area contributed by atoms with Crippen LogP contribution in [0.5, 0.6) is 0 Å². The van der Waals surface area contributed by atoms with Crippen LogP contribution in [0.2, 0.25) is 0 Å². The Kier molecular flexibility index (Phi) is 4.44. The second-order valence-electron chi connectivity index (χ2n) is 5.46. The van der Waals surface area contributed by atoms with Crippen LogP contribution in [0.15, 0.2) is 36.4 Å². The van der Waals surface area contributed by atoms with E-state index >= 15 is 0 Å². The van der Waals surface area contributed by atoms with E-state index in [1.165, 1.54) is 11.3 Å². The number of benzene rings is 1. The molecule has 0 aliphatic heterocycles. The van der Waals surface area contributed by atoms with Crippen LogP contribution >= 0.6 is 11.3 Å². The van der Waals surface area contributed by atoms with Crippen molar-refractivity contribution >= 4 is 22.9 Å². The van der Waals surface area contributed by atoms with Crippen molar-refractivity contribution < 1.29 is 13.6 Å². The third kappa shape index (κ3) is 3.68. The summed E-state index contributed by atoms with van der Waals surface area (Å²) in [5.41, 5.74) is 2.07. The summed E-state index contributed by atoms with van der Waals surface area (Å²) in [5, 5.41) is 6.89. The molecule has 0 fully saturated rings. The maximum atomic E-state index is 13.2. The van der Waals surface area contributed by atoms with Crippen LogP contribution in [0.3, 0.4) is 0 Å². The van der Waals surface area contributed by atoms with Gasteiger partial charge in [0, 0.05) is 22.3 Å². The van der Waals surface area contributed by atoms with Gasteiger partial charge in [-0.2, -0.15) is 5.10 Å². The molecule has 0 bridgehead atoms. The number of aromatic nitrogens is 2. The first-order chi connectivity index (χ1) is 11.4. The van der Waals surface area contributed by atoms with Gasteiger partial charge >= 0.3 is 0 Å². The number of amides is 1. The molecular weight excluding hydrogens is 332 g/mol. The van der Waals surface area contributed by atoms with Crippen molar-refractivity contribution in [2.24, 2.45) is 0 Å². The van der Waals surface area contributed by atoms with Gasteiger partial charge in [0.05, 0.1) is 17.1 Å². The van der Waals surface area contributed by atoms with E-state index in [1.54, 1.807) is 6.07 Å². The van der Waals surface area contributed by atoms with E-state index in [0.29, 0.717) is 11.4 Å². The largest absolute Gasteiger partial charge is 0.321 e. The Morgan fingerprint density at radius 1 is 1.17 bits per heavy atom. The van der Waals surface area contributed by atoms with Gasteiger partial charge in [0.2, 0.25) is 0 Å². The number of carbonyl (C=O) groups excluding carboxylic acids is 1. The predicted molar refractivity (Wildman–Crippen MR) is 89.4 cm³/mol. The molecule has 0 atom stereocenters. The summed E-state index contributed by atoms with van der Waals surface area (Å²) in [7, 11) is 0. The molecule has 0 aliphatic rings. The number of thiophene rings is 1. The van der Waals surface area contributed by atoms with Crippen molar-refractivity contribution in [1.29, 1.82) is 0 Å². The van der Waals surface area contributed by atoms with Gasteiger partial charge in [-0.25, -0.2) is 8.78 Å². The third-order valence-corrected chi connectivity index (χ3v) is 4.48. The Balaban J connectivity index is 1.72. The Morgan fingerprint density at radius 3 is 2.50 bits per heavy atom. The fourth-order valence-electron chi connectivity index (χ4n) is 2.39. The van der Waals surface area contributed by atoms with E-state index in [9.17, 15) is 13.6 Å². The first kappa shape index (κ1) is 16.3. The molecule has 0 saturated heterocycles. The lowest BCUT2D eigenvalue weighted by atomic mass is 10.3. The number of rotatable bonds is 4. The molecule has 7 heteroatoms. The average molecular weight is 347 g/mol. The maximum Gasteiger partial charge on any atom is 0.265 e. The van der Waals surface area contributed by atoms with Gasteiger partial charge in [0.25, 0.3) is 5.91 Å². The zero-order valence-electron chi connectivity index (χ0n) is 13.1. The number of halogens is 2. The number of anilines is 1. The highest BCUT2D eigenvalue weighted by atomic mass is 32.1. The zero-order valence-corrected chi connectivity index (χ0v) is 14.0. The molecule has 2 aromatic heterocycles. The van der Waals surface area contributed by atoms with Crippen LogP contribution in [0.1, 0.15) is 25.9 Å². The van der Waals surface area contributed by atoms with Crippen LogP contribution in [0.4, 0.5) is 14.5 Å².